The van der Waals surface area contributed by atoms with E-state index in [-0.39, 0.29) is 17.9 Å². The number of aliphatic hydroxyl groups excluding tert-OH is 1. The highest BCUT2D eigenvalue weighted by atomic mass is 16.4. The van der Waals surface area contributed by atoms with Gasteiger partial charge in [0.05, 0.1) is 17.8 Å². The highest BCUT2D eigenvalue weighted by Crippen LogP contribution is 2.24. The van der Waals surface area contributed by atoms with E-state index in [0.29, 0.717) is 18.7 Å². The molecule has 1 heterocycles. The lowest BCUT2D eigenvalue weighted by atomic mass is 9.97. The highest BCUT2D eigenvalue weighted by Gasteiger charge is 2.23. The summed E-state index contributed by atoms with van der Waals surface area (Å²) >= 11 is 0. The van der Waals surface area contributed by atoms with Crippen LogP contribution in [0.15, 0.2) is 4.42 Å². The molecular formula is C15H26N2O3. The van der Waals surface area contributed by atoms with Crippen LogP contribution in [0.4, 0.5) is 0 Å². The molecule has 5 nitrogen and oxygen atoms in total. The lowest BCUT2D eigenvalue weighted by Crippen LogP contribution is -2.46. The molecule has 1 aromatic rings. The largest absolute Gasteiger partial charge is 0.445 e. The molecule has 0 spiro atoms. The van der Waals surface area contributed by atoms with E-state index in [9.17, 15) is 4.79 Å². The molecule has 20 heavy (non-hydrogen) atoms. The minimum absolute atomic E-state index is 0.0890. The first-order chi connectivity index (χ1) is 9.05. The number of hydrogen-bond donors (Lipinski definition) is 2. The van der Waals surface area contributed by atoms with Gasteiger partial charge in [0.2, 0.25) is 5.91 Å². The Morgan fingerprint density at radius 3 is 2.35 bits per heavy atom. The van der Waals surface area contributed by atoms with Gasteiger partial charge in [-0.3, -0.25) is 4.79 Å². The summed E-state index contributed by atoms with van der Waals surface area (Å²) < 4.78 is 5.75. The van der Waals surface area contributed by atoms with Crippen LogP contribution >= 0.6 is 0 Å². The van der Waals surface area contributed by atoms with Gasteiger partial charge in [-0.1, -0.05) is 20.8 Å². The van der Waals surface area contributed by atoms with Crippen molar-refractivity contribution in [3.8, 4) is 0 Å². The van der Waals surface area contributed by atoms with Gasteiger partial charge in [0.25, 0.3) is 0 Å². The number of oxazole rings is 1. The monoisotopic (exact) mass is 282 g/mol. The molecule has 1 amide bonds. The molecule has 0 fully saturated rings. The average molecular weight is 282 g/mol. The van der Waals surface area contributed by atoms with Gasteiger partial charge < -0.3 is 14.8 Å². The highest BCUT2D eigenvalue weighted by molar-refractivity contribution is 5.76. The number of carbonyl (C=O) groups is 1. The zero-order valence-corrected chi connectivity index (χ0v) is 13.3. The Bertz CT molecular complexity index is 470. The zero-order valence-electron chi connectivity index (χ0n) is 13.3. The van der Waals surface area contributed by atoms with Crippen molar-refractivity contribution in [1.29, 1.82) is 0 Å². The number of rotatable bonds is 5. The second kappa shape index (κ2) is 5.95. The summed E-state index contributed by atoms with van der Waals surface area (Å²) in [6.07, 6.45) is 0.839. The van der Waals surface area contributed by atoms with Crippen LogP contribution in [0.1, 0.15) is 58.4 Å². The Balaban J connectivity index is 2.63. The van der Waals surface area contributed by atoms with E-state index < -0.39 is 5.54 Å². The summed E-state index contributed by atoms with van der Waals surface area (Å²) in [6.45, 7) is 11.5. The molecule has 0 aliphatic carbocycles. The third-order valence-corrected chi connectivity index (χ3v) is 2.99. The topological polar surface area (TPSA) is 75.4 Å². The predicted octanol–water partition coefficient (Wildman–Crippen LogP) is 2.10. The molecule has 0 aromatic carbocycles. The third-order valence-electron chi connectivity index (χ3n) is 2.99. The van der Waals surface area contributed by atoms with E-state index in [2.05, 4.69) is 10.3 Å². The standard InChI is InChI=1S/C15H26N2O3/c1-10-11(20-13(16-10)14(2,3)4)7-8-12(19)17-15(5,6)9-18/h18H,7-9H2,1-6H3,(H,17,19). The lowest BCUT2D eigenvalue weighted by molar-refractivity contribution is -0.123. The summed E-state index contributed by atoms with van der Waals surface area (Å²) in [6, 6.07) is 0. The Morgan fingerprint density at radius 1 is 1.30 bits per heavy atom. The second-order valence-electron chi connectivity index (χ2n) is 6.87. The van der Waals surface area contributed by atoms with Crippen LogP contribution in [0.3, 0.4) is 0 Å². The fourth-order valence-corrected chi connectivity index (χ4v) is 1.69. The van der Waals surface area contributed by atoms with Crippen LogP contribution < -0.4 is 5.32 Å². The van der Waals surface area contributed by atoms with Gasteiger partial charge in [-0.05, 0) is 20.8 Å². The van der Waals surface area contributed by atoms with Crippen molar-refractivity contribution in [3.63, 3.8) is 0 Å². The molecule has 0 aliphatic heterocycles. The normalized spacial score (nSPS) is 12.6. The van der Waals surface area contributed by atoms with Gasteiger partial charge >= 0.3 is 0 Å². The van der Waals surface area contributed by atoms with Crippen LogP contribution in [0.2, 0.25) is 0 Å². The Kier molecular flexibility index (Phi) is 4.97. The molecule has 114 valence electrons. The molecule has 0 bridgehead atoms. The molecule has 1 rings (SSSR count). The Labute approximate surface area is 120 Å². The van der Waals surface area contributed by atoms with Crippen molar-refractivity contribution in [3.05, 3.63) is 17.3 Å². The van der Waals surface area contributed by atoms with Crippen molar-refractivity contribution < 1.29 is 14.3 Å². The minimum Gasteiger partial charge on any atom is -0.445 e. The maximum Gasteiger partial charge on any atom is 0.220 e. The molecule has 1 aromatic heterocycles. The molecule has 0 saturated heterocycles. The molecule has 0 atom stereocenters. The number of hydrogen-bond acceptors (Lipinski definition) is 4. The minimum atomic E-state index is -0.593. The smallest absolute Gasteiger partial charge is 0.220 e. The molecule has 0 unspecified atom stereocenters. The number of amides is 1. The van der Waals surface area contributed by atoms with Crippen molar-refractivity contribution in [1.82, 2.24) is 10.3 Å². The second-order valence-corrected chi connectivity index (χ2v) is 6.87. The first kappa shape index (κ1) is 16.7. The van der Waals surface area contributed by atoms with Crippen molar-refractivity contribution in [2.75, 3.05) is 6.61 Å². The van der Waals surface area contributed by atoms with E-state index in [4.69, 9.17) is 9.52 Å². The first-order valence-electron chi connectivity index (χ1n) is 6.94. The van der Waals surface area contributed by atoms with Crippen LogP contribution in [0, 0.1) is 6.92 Å². The summed E-state index contributed by atoms with van der Waals surface area (Å²) in [7, 11) is 0. The number of aliphatic hydroxyl groups is 1. The Hall–Kier alpha value is -1.36. The maximum absolute atomic E-state index is 11.8. The zero-order chi connectivity index (χ0) is 15.6. The molecule has 0 saturated carbocycles. The SMILES string of the molecule is Cc1nc(C(C)(C)C)oc1CCC(=O)NC(C)(C)CO. The number of aromatic nitrogens is 1. The van der Waals surface area contributed by atoms with Crippen LogP contribution in [0.5, 0.6) is 0 Å². The fourth-order valence-electron chi connectivity index (χ4n) is 1.69. The maximum atomic E-state index is 11.8. The molecule has 0 radical (unpaired) electrons. The first-order valence-corrected chi connectivity index (χ1v) is 6.94. The van der Waals surface area contributed by atoms with E-state index in [1.807, 2.05) is 27.7 Å². The number of nitrogens with one attached hydrogen (secondary N) is 1. The summed E-state index contributed by atoms with van der Waals surface area (Å²) in [5, 5.41) is 11.9. The van der Waals surface area contributed by atoms with Crippen LogP contribution in [0.25, 0.3) is 0 Å². The van der Waals surface area contributed by atoms with Crippen LogP contribution in [-0.4, -0.2) is 28.1 Å². The third kappa shape index (κ3) is 4.63. The summed E-state index contributed by atoms with van der Waals surface area (Å²) in [5.74, 6) is 1.35. The molecular weight excluding hydrogens is 256 g/mol. The van der Waals surface area contributed by atoms with E-state index in [0.717, 1.165) is 11.5 Å². The van der Waals surface area contributed by atoms with Crippen LogP contribution in [-0.2, 0) is 16.6 Å². The van der Waals surface area contributed by atoms with Gasteiger partial charge in [-0.2, -0.15) is 0 Å². The molecule has 5 heteroatoms. The fraction of sp³-hybridized carbons (Fsp3) is 0.733. The van der Waals surface area contributed by atoms with E-state index in [1.54, 1.807) is 13.8 Å². The van der Waals surface area contributed by atoms with Gasteiger partial charge in [0, 0.05) is 18.3 Å². The van der Waals surface area contributed by atoms with E-state index >= 15 is 0 Å². The van der Waals surface area contributed by atoms with Crippen molar-refractivity contribution in [2.45, 2.75) is 65.3 Å². The number of carbonyl (C=O) groups excluding carboxylic acids is 1. The molecule has 2 N–H and O–H groups in total. The van der Waals surface area contributed by atoms with Gasteiger partial charge in [0.15, 0.2) is 5.89 Å². The van der Waals surface area contributed by atoms with Gasteiger partial charge in [-0.25, -0.2) is 4.98 Å². The summed E-state index contributed by atoms with van der Waals surface area (Å²) in [5.41, 5.74) is 0.109. The number of aryl methyl sites for hydroxylation is 2. The van der Waals surface area contributed by atoms with Gasteiger partial charge in [-0.15, -0.1) is 0 Å². The lowest BCUT2D eigenvalue weighted by Gasteiger charge is -2.23. The predicted molar refractivity (Wildman–Crippen MR) is 77.6 cm³/mol. The van der Waals surface area contributed by atoms with Gasteiger partial charge in [0.1, 0.15) is 5.76 Å². The average Bonchev–Trinajstić information content (AvgIpc) is 2.67. The number of nitrogens with zero attached hydrogens (tertiary/aromatic N) is 1. The molecule has 0 aliphatic rings. The van der Waals surface area contributed by atoms with Crippen molar-refractivity contribution in [2.24, 2.45) is 0 Å². The quantitative estimate of drug-likeness (QED) is 0.867. The summed E-state index contributed by atoms with van der Waals surface area (Å²) in [4.78, 5) is 16.2. The van der Waals surface area contributed by atoms with Crippen molar-refractivity contribution >= 4 is 5.91 Å². The van der Waals surface area contributed by atoms with E-state index in [1.165, 1.54) is 0 Å². The Morgan fingerprint density at radius 2 is 1.90 bits per heavy atom.